The topological polar surface area (TPSA) is 58.1 Å². The monoisotopic (exact) mass is 149 g/mol. The Morgan fingerprint density at radius 2 is 2.09 bits per heavy atom. The molecule has 1 N–H and O–H groups in total. The van der Waals surface area contributed by atoms with Crippen LogP contribution in [0.2, 0.25) is 0 Å². The minimum absolute atomic E-state index is 0.343. The number of carbonyl (C=O) groups is 1. The van der Waals surface area contributed by atoms with Crippen LogP contribution in [-0.4, -0.2) is 6.03 Å². The summed E-state index contributed by atoms with van der Waals surface area (Å²) in [5.74, 6) is 0. The normalized spacial score (nSPS) is 16.3. The van der Waals surface area contributed by atoms with E-state index in [1.807, 2.05) is 0 Å². The maximum absolute atomic E-state index is 10.9. The second-order valence-electron chi connectivity index (χ2n) is 2.24. The van der Waals surface area contributed by atoms with Crippen molar-refractivity contribution in [2.45, 2.75) is 0 Å². The number of hydroxylamine groups is 1. The molecule has 4 nitrogen and oxygen atoms in total. The molecule has 0 aliphatic carbocycles. The number of benzene rings is 1. The van der Waals surface area contributed by atoms with E-state index in [1.165, 1.54) is 0 Å². The number of para-hydroxylation sites is 2. The fraction of sp³-hybridized carbons (Fsp3) is 0. The van der Waals surface area contributed by atoms with Crippen molar-refractivity contribution >= 4 is 17.4 Å². The first-order valence-electron chi connectivity index (χ1n) is 3.16. The summed E-state index contributed by atoms with van der Waals surface area (Å²) in [4.78, 5) is 10.7. The molecule has 0 bridgehead atoms. The SMILES string of the molecule is O=C1Nc2ccccc2[N+]1[O-]. The molecule has 0 atom stereocenters. The Bertz CT molecular complexity index is 311. The molecule has 4 heteroatoms. The lowest BCUT2D eigenvalue weighted by molar-refractivity contribution is 0.251. The highest BCUT2D eigenvalue weighted by molar-refractivity contribution is 6.04. The van der Waals surface area contributed by atoms with Crippen LogP contribution in [0.3, 0.4) is 0 Å². The molecule has 0 aromatic heterocycles. The predicted octanol–water partition coefficient (Wildman–Crippen LogP) is 1.50. The van der Waals surface area contributed by atoms with Crippen molar-refractivity contribution in [2.75, 3.05) is 5.32 Å². The number of fused-ring (bicyclic) bond motifs is 1. The number of nitrogens with one attached hydrogen (secondary N) is 1. The molecule has 1 aromatic carbocycles. The van der Waals surface area contributed by atoms with Crippen LogP contribution in [0.1, 0.15) is 0 Å². The van der Waals surface area contributed by atoms with Crippen LogP contribution >= 0.6 is 0 Å². The van der Waals surface area contributed by atoms with Crippen LogP contribution in [0.25, 0.3) is 0 Å². The Morgan fingerprint density at radius 1 is 1.36 bits per heavy atom. The average Bonchev–Trinajstić information content (AvgIpc) is 2.30. The van der Waals surface area contributed by atoms with E-state index >= 15 is 0 Å². The highest BCUT2D eigenvalue weighted by Crippen LogP contribution is 2.29. The zero-order valence-electron chi connectivity index (χ0n) is 5.57. The lowest BCUT2D eigenvalue weighted by atomic mass is 10.3. The molecular formula is C7H5N2O2. The summed E-state index contributed by atoms with van der Waals surface area (Å²) >= 11 is 0. The number of nitrogens with zero attached hydrogens (tertiary/aromatic N) is 1. The first-order valence-corrected chi connectivity index (χ1v) is 3.16. The minimum Gasteiger partial charge on any atom is -0.566 e. The van der Waals surface area contributed by atoms with Gasteiger partial charge in [0.1, 0.15) is 5.69 Å². The van der Waals surface area contributed by atoms with Crippen molar-refractivity contribution in [3.05, 3.63) is 29.5 Å². The number of carbonyl (C=O) groups excluding carboxylic acids is 1. The molecule has 11 heavy (non-hydrogen) atoms. The molecule has 0 unspecified atom stereocenters. The van der Waals surface area contributed by atoms with E-state index in [2.05, 4.69) is 5.32 Å². The Kier molecular flexibility index (Phi) is 1.18. The van der Waals surface area contributed by atoms with Crippen molar-refractivity contribution in [2.24, 2.45) is 0 Å². The molecule has 0 fully saturated rings. The molecular weight excluding hydrogens is 144 g/mol. The van der Waals surface area contributed by atoms with Gasteiger partial charge in [0.25, 0.3) is 0 Å². The average molecular weight is 149 g/mol. The summed E-state index contributed by atoms with van der Waals surface area (Å²) in [6.07, 6.45) is 0. The highest BCUT2D eigenvalue weighted by atomic mass is 16.5. The molecule has 2 rings (SSSR count). The van der Waals surface area contributed by atoms with Gasteiger partial charge in [0.15, 0.2) is 0 Å². The Balaban J connectivity index is 2.55. The smallest absolute Gasteiger partial charge is 0.476 e. The van der Waals surface area contributed by atoms with Gasteiger partial charge in [0.05, 0.1) is 0 Å². The van der Waals surface area contributed by atoms with E-state index in [-0.39, 0.29) is 0 Å². The van der Waals surface area contributed by atoms with Crippen molar-refractivity contribution in [3.63, 3.8) is 0 Å². The van der Waals surface area contributed by atoms with Gasteiger partial charge in [-0.3, -0.25) is 5.32 Å². The van der Waals surface area contributed by atoms with E-state index < -0.39 is 6.03 Å². The summed E-state index contributed by atoms with van der Waals surface area (Å²) in [5.41, 5.74) is 0.963. The van der Waals surface area contributed by atoms with Crippen molar-refractivity contribution in [1.82, 2.24) is 5.06 Å². The predicted molar refractivity (Wildman–Crippen MR) is 40.6 cm³/mol. The van der Waals surface area contributed by atoms with Crippen molar-refractivity contribution < 1.29 is 4.79 Å². The Hall–Kier alpha value is -1.39. The summed E-state index contributed by atoms with van der Waals surface area (Å²) in [6.45, 7) is 0. The van der Waals surface area contributed by atoms with Gasteiger partial charge < -0.3 is 5.21 Å². The zero-order chi connectivity index (χ0) is 7.84. The number of anilines is 2. The molecule has 1 aliphatic heterocycles. The van der Waals surface area contributed by atoms with Gasteiger partial charge in [-0.05, 0) is 6.07 Å². The molecule has 0 spiro atoms. The van der Waals surface area contributed by atoms with Crippen LogP contribution in [0.5, 0.6) is 0 Å². The van der Waals surface area contributed by atoms with Gasteiger partial charge in [0.2, 0.25) is 5.69 Å². The van der Waals surface area contributed by atoms with E-state index in [0.29, 0.717) is 16.4 Å². The summed E-state index contributed by atoms with van der Waals surface area (Å²) in [6, 6.07) is 6.14. The van der Waals surface area contributed by atoms with Gasteiger partial charge in [0, 0.05) is 6.07 Å². The van der Waals surface area contributed by atoms with Crippen LogP contribution in [0.4, 0.5) is 16.2 Å². The number of hydrogen-bond acceptors (Lipinski definition) is 2. The van der Waals surface area contributed by atoms with Gasteiger partial charge in [-0.2, -0.15) is 0 Å². The number of rotatable bonds is 0. The third-order valence-corrected chi connectivity index (χ3v) is 1.55. The first kappa shape index (κ1) is 6.33. The molecule has 1 radical (unpaired) electrons. The van der Waals surface area contributed by atoms with Crippen LogP contribution in [-0.2, 0) is 0 Å². The second-order valence-corrected chi connectivity index (χ2v) is 2.24. The summed E-state index contributed by atoms with van der Waals surface area (Å²) in [7, 11) is 0. The summed E-state index contributed by atoms with van der Waals surface area (Å²) in [5, 5.41) is 13.7. The largest absolute Gasteiger partial charge is 0.566 e. The highest BCUT2D eigenvalue weighted by Gasteiger charge is 2.31. The van der Waals surface area contributed by atoms with Gasteiger partial charge in [-0.1, -0.05) is 17.2 Å². The standard InChI is InChI=1S/C7H5N2O2/c10-7-8-5-3-1-2-4-6(5)9(7)11/h1-4H,(H,8,10). The van der Waals surface area contributed by atoms with E-state index in [0.717, 1.165) is 0 Å². The zero-order valence-corrected chi connectivity index (χ0v) is 5.57. The third-order valence-electron chi connectivity index (χ3n) is 1.55. The van der Waals surface area contributed by atoms with Crippen molar-refractivity contribution in [1.29, 1.82) is 0 Å². The third kappa shape index (κ3) is 0.806. The van der Waals surface area contributed by atoms with E-state index in [9.17, 15) is 10.0 Å². The van der Waals surface area contributed by atoms with E-state index in [1.54, 1.807) is 24.3 Å². The number of amides is 2. The quantitative estimate of drug-likeness (QED) is 0.449. The molecule has 1 aromatic rings. The molecule has 1 heterocycles. The maximum Gasteiger partial charge on any atom is 0.476 e. The number of urea groups is 1. The molecule has 1 aliphatic rings. The lowest BCUT2D eigenvalue weighted by Gasteiger charge is -1.99. The first-order chi connectivity index (χ1) is 5.29. The van der Waals surface area contributed by atoms with Gasteiger partial charge >= 0.3 is 6.03 Å². The Labute approximate surface area is 63.0 Å². The van der Waals surface area contributed by atoms with Crippen LogP contribution in [0.15, 0.2) is 24.3 Å². The Morgan fingerprint density at radius 3 is 2.82 bits per heavy atom. The molecule has 0 saturated carbocycles. The van der Waals surface area contributed by atoms with Crippen LogP contribution < -0.4 is 10.4 Å². The second kappa shape index (κ2) is 2.05. The van der Waals surface area contributed by atoms with Gasteiger partial charge in [-0.15, -0.1) is 0 Å². The minimum atomic E-state index is -0.619. The lowest BCUT2D eigenvalue weighted by Crippen LogP contribution is -2.22. The molecule has 0 saturated heterocycles. The van der Waals surface area contributed by atoms with Gasteiger partial charge in [-0.25, -0.2) is 4.79 Å². The number of hydrogen-bond donors (Lipinski definition) is 1. The maximum atomic E-state index is 10.9. The fourth-order valence-electron chi connectivity index (χ4n) is 1.03. The fourth-order valence-corrected chi connectivity index (χ4v) is 1.03. The molecule has 2 amide bonds. The van der Waals surface area contributed by atoms with Crippen LogP contribution in [0, 0.1) is 5.21 Å². The van der Waals surface area contributed by atoms with Crippen molar-refractivity contribution in [3.8, 4) is 0 Å². The summed E-state index contributed by atoms with van der Waals surface area (Å²) < 4.78 is 0. The molecule has 55 valence electrons. The van der Waals surface area contributed by atoms with E-state index in [4.69, 9.17) is 0 Å².